The van der Waals surface area contributed by atoms with Crippen LogP contribution in [0, 0.1) is 6.92 Å². The second kappa shape index (κ2) is 8.65. The van der Waals surface area contributed by atoms with Crippen LogP contribution in [0.2, 0.25) is 0 Å². The van der Waals surface area contributed by atoms with E-state index in [0.717, 1.165) is 55.6 Å². The van der Waals surface area contributed by atoms with Crippen molar-refractivity contribution in [3.8, 4) is 11.3 Å². The minimum absolute atomic E-state index is 0.0376. The summed E-state index contributed by atoms with van der Waals surface area (Å²) in [5, 5.41) is 7.89. The van der Waals surface area contributed by atoms with Crippen LogP contribution in [0.5, 0.6) is 0 Å². The van der Waals surface area contributed by atoms with Crippen molar-refractivity contribution < 1.29 is 14.1 Å². The molecule has 2 fully saturated rings. The molecule has 3 heterocycles. The Kier molecular flexibility index (Phi) is 5.32. The van der Waals surface area contributed by atoms with E-state index in [1.807, 2.05) is 60.4 Å². The second-order valence-corrected chi connectivity index (χ2v) is 9.40. The van der Waals surface area contributed by atoms with Gasteiger partial charge in [0.25, 0.3) is 17.5 Å². The monoisotopic (exact) mass is 466 g/mol. The molecule has 0 bridgehead atoms. The van der Waals surface area contributed by atoms with Gasteiger partial charge in [-0.15, -0.1) is 0 Å². The molecular formula is C28H26N4O3. The molecule has 0 radical (unpaired) electrons. The molecule has 0 unspecified atom stereocenters. The molecule has 176 valence electrons. The molecule has 0 atom stereocenters. The fourth-order valence-corrected chi connectivity index (χ4v) is 4.85. The summed E-state index contributed by atoms with van der Waals surface area (Å²) in [6.45, 7) is 3.40. The Hall–Kier alpha value is -4.00. The molecule has 7 heteroatoms. The largest absolute Gasteiger partial charge is 0.339 e. The van der Waals surface area contributed by atoms with Crippen molar-refractivity contribution in [3.05, 3.63) is 77.0 Å². The summed E-state index contributed by atoms with van der Waals surface area (Å²) >= 11 is 0. The van der Waals surface area contributed by atoms with Gasteiger partial charge in [-0.2, -0.15) is 0 Å². The minimum atomic E-state index is -0.305. The average molecular weight is 467 g/mol. The van der Waals surface area contributed by atoms with Crippen LogP contribution in [-0.2, 0) is 0 Å². The van der Waals surface area contributed by atoms with Crippen molar-refractivity contribution >= 4 is 28.6 Å². The Morgan fingerprint density at radius 2 is 1.80 bits per heavy atom. The highest BCUT2D eigenvalue weighted by Crippen LogP contribution is 2.41. The number of pyridine rings is 1. The number of aromatic nitrogens is 2. The molecule has 35 heavy (non-hydrogen) atoms. The molecule has 1 N–H and O–H groups in total. The van der Waals surface area contributed by atoms with Crippen LogP contribution in [0.4, 0.5) is 5.69 Å². The summed E-state index contributed by atoms with van der Waals surface area (Å²) in [6, 6.07) is 17.0. The zero-order valence-electron chi connectivity index (χ0n) is 19.6. The van der Waals surface area contributed by atoms with Crippen molar-refractivity contribution in [1.82, 2.24) is 15.0 Å². The zero-order chi connectivity index (χ0) is 23.9. The summed E-state index contributed by atoms with van der Waals surface area (Å²) < 4.78 is 5.61. The van der Waals surface area contributed by atoms with Crippen molar-refractivity contribution in [3.63, 3.8) is 0 Å². The Morgan fingerprint density at radius 1 is 1.03 bits per heavy atom. The number of likely N-dealkylation sites (tertiary alicyclic amines) is 1. The van der Waals surface area contributed by atoms with E-state index in [-0.39, 0.29) is 11.8 Å². The number of fused-ring (bicyclic) bond motifs is 1. The Balaban J connectivity index is 1.43. The summed E-state index contributed by atoms with van der Waals surface area (Å²) in [4.78, 5) is 33.6. The maximum atomic E-state index is 13.8. The third kappa shape index (κ3) is 3.97. The number of amides is 2. The first-order valence-corrected chi connectivity index (χ1v) is 12.2. The summed E-state index contributed by atoms with van der Waals surface area (Å²) in [5.74, 6) is -0.00681. The number of nitrogens with zero attached hydrogens (tertiary/aromatic N) is 3. The van der Waals surface area contributed by atoms with Crippen LogP contribution in [0.25, 0.3) is 22.4 Å². The quantitative estimate of drug-likeness (QED) is 0.416. The highest BCUT2D eigenvalue weighted by molar-refractivity contribution is 6.16. The van der Waals surface area contributed by atoms with E-state index in [4.69, 9.17) is 4.52 Å². The van der Waals surface area contributed by atoms with Gasteiger partial charge in [0.15, 0.2) is 0 Å². The van der Waals surface area contributed by atoms with Crippen molar-refractivity contribution in [1.29, 1.82) is 0 Å². The van der Waals surface area contributed by atoms with Gasteiger partial charge in [0.1, 0.15) is 5.69 Å². The van der Waals surface area contributed by atoms with E-state index in [1.165, 1.54) is 0 Å². The lowest BCUT2D eigenvalue weighted by Gasteiger charge is -2.20. The molecule has 6 rings (SSSR count). The van der Waals surface area contributed by atoms with Crippen LogP contribution >= 0.6 is 0 Å². The second-order valence-electron chi connectivity index (χ2n) is 9.40. The van der Waals surface area contributed by atoms with Crippen molar-refractivity contribution in [2.45, 2.75) is 38.5 Å². The first-order valence-electron chi connectivity index (χ1n) is 12.2. The van der Waals surface area contributed by atoms with E-state index in [1.54, 1.807) is 6.07 Å². The van der Waals surface area contributed by atoms with Gasteiger partial charge < -0.3 is 14.7 Å². The molecule has 2 amide bonds. The summed E-state index contributed by atoms with van der Waals surface area (Å²) in [6.07, 6.45) is 4.11. The molecular weight excluding hydrogens is 440 g/mol. The molecule has 2 aromatic heterocycles. The fraction of sp³-hybridized carbons (Fsp3) is 0.286. The van der Waals surface area contributed by atoms with Crippen molar-refractivity contribution in [2.24, 2.45) is 0 Å². The Bertz CT molecular complexity index is 1430. The van der Waals surface area contributed by atoms with Crippen LogP contribution in [0.1, 0.15) is 63.6 Å². The Morgan fingerprint density at radius 3 is 2.54 bits per heavy atom. The van der Waals surface area contributed by atoms with E-state index in [9.17, 15) is 9.59 Å². The van der Waals surface area contributed by atoms with E-state index in [0.29, 0.717) is 39.5 Å². The number of hydrogen-bond acceptors (Lipinski definition) is 5. The number of hydrogen-bond donors (Lipinski definition) is 1. The van der Waals surface area contributed by atoms with Crippen LogP contribution in [0.3, 0.4) is 0 Å². The first-order chi connectivity index (χ1) is 17.1. The highest BCUT2D eigenvalue weighted by atomic mass is 16.5. The zero-order valence-corrected chi connectivity index (χ0v) is 19.6. The molecule has 0 spiro atoms. The molecule has 1 saturated heterocycles. The number of nitrogens with one attached hydrogen (secondary N) is 1. The SMILES string of the molecule is Cc1cccc(NC(=O)c2cc(C3CC3)nc3onc(-c4ccccc4)c23)c1C(=O)N1CCCC1. The molecule has 1 saturated carbocycles. The van der Waals surface area contributed by atoms with Gasteiger partial charge in [-0.25, -0.2) is 4.98 Å². The van der Waals surface area contributed by atoms with Gasteiger partial charge in [0.2, 0.25) is 0 Å². The molecule has 1 aliphatic heterocycles. The number of benzene rings is 2. The van der Waals surface area contributed by atoms with Gasteiger partial charge in [-0.3, -0.25) is 9.59 Å². The Labute approximate surface area is 203 Å². The van der Waals surface area contributed by atoms with Gasteiger partial charge in [-0.05, 0) is 50.3 Å². The number of anilines is 1. The van der Waals surface area contributed by atoms with Crippen molar-refractivity contribution in [2.75, 3.05) is 18.4 Å². The normalized spacial score (nSPS) is 15.5. The molecule has 4 aromatic rings. The first kappa shape index (κ1) is 21.5. The number of carbonyl (C=O) groups excluding carboxylic acids is 2. The van der Waals surface area contributed by atoms with Gasteiger partial charge in [0.05, 0.1) is 22.2 Å². The predicted octanol–water partition coefficient (Wildman–Crippen LogP) is 5.56. The fourth-order valence-electron chi connectivity index (χ4n) is 4.85. The lowest BCUT2D eigenvalue weighted by Crippen LogP contribution is -2.29. The standard InChI is InChI=1S/C28H26N4O3/c1-17-8-7-11-21(23(17)28(34)32-14-5-6-15-32)29-26(33)20-16-22(18-12-13-18)30-27-24(20)25(31-35-27)19-9-3-2-4-10-19/h2-4,7-11,16,18H,5-6,12-15H2,1H3,(H,29,33). The maximum absolute atomic E-state index is 13.8. The molecule has 2 aromatic carbocycles. The summed E-state index contributed by atoms with van der Waals surface area (Å²) in [5.41, 5.74) is 4.99. The topological polar surface area (TPSA) is 88.3 Å². The average Bonchev–Trinajstić information content (AvgIpc) is 3.40. The van der Waals surface area contributed by atoms with Crippen LogP contribution in [0.15, 0.2) is 59.1 Å². The predicted molar refractivity (Wildman–Crippen MR) is 133 cm³/mol. The van der Waals surface area contributed by atoms with E-state index < -0.39 is 0 Å². The highest BCUT2D eigenvalue weighted by Gasteiger charge is 2.30. The number of rotatable bonds is 5. The van der Waals surface area contributed by atoms with Gasteiger partial charge >= 0.3 is 0 Å². The molecule has 7 nitrogen and oxygen atoms in total. The lowest BCUT2D eigenvalue weighted by atomic mass is 10.0. The molecule has 2 aliphatic rings. The maximum Gasteiger partial charge on any atom is 0.259 e. The third-order valence-electron chi connectivity index (χ3n) is 6.88. The van der Waals surface area contributed by atoms with Gasteiger partial charge in [0, 0.05) is 30.3 Å². The van der Waals surface area contributed by atoms with Crippen LogP contribution in [-0.4, -0.2) is 39.9 Å². The minimum Gasteiger partial charge on any atom is -0.339 e. The third-order valence-corrected chi connectivity index (χ3v) is 6.88. The van der Waals surface area contributed by atoms with E-state index >= 15 is 0 Å². The summed E-state index contributed by atoms with van der Waals surface area (Å²) in [7, 11) is 0. The number of aryl methyl sites for hydroxylation is 1. The smallest absolute Gasteiger partial charge is 0.259 e. The lowest BCUT2D eigenvalue weighted by molar-refractivity contribution is 0.0793. The molecule has 1 aliphatic carbocycles. The van der Waals surface area contributed by atoms with Crippen LogP contribution < -0.4 is 5.32 Å². The number of carbonyl (C=O) groups is 2. The van der Waals surface area contributed by atoms with E-state index in [2.05, 4.69) is 15.5 Å². The van der Waals surface area contributed by atoms with Gasteiger partial charge in [-0.1, -0.05) is 47.6 Å².